The smallest absolute Gasteiger partial charge is 0.253 e. The van der Waals surface area contributed by atoms with Gasteiger partial charge >= 0.3 is 0 Å². The normalized spacial score (nSPS) is 12.4. The second-order valence-electron chi connectivity index (χ2n) is 6.06. The molecule has 1 aromatic carbocycles. The van der Waals surface area contributed by atoms with Crippen LogP contribution in [0.1, 0.15) is 29.9 Å². The molecule has 0 aliphatic heterocycles. The quantitative estimate of drug-likeness (QED) is 0.675. The van der Waals surface area contributed by atoms with Crippen molar-refractivity contribution >= 4 is 17.5 Å². The van der Waals surface area contributed by atoms with Gasteiger partial charge in [0.15, 0.2) is 0 Å². The lowest BCUT2D eigenvalue weighted by Crippen LogP contribution is -2.40. The summed E-state index contributed by atoms with van der Waals surface area (Å²) in [7, 11) is 0. The number of hydrogen-bond donors (Lipinski definition) is 3. The largest absolute Gasteiger partial charge is 0.390 e. The molecule has 0 fully saturated rings. The lowest BCUT2D eigenvalue weighted by atomic mass is 10.0. The predicted molar refractivity (Wildman–Crippen MR) is 102 cm³/mol. The van der Waals surface area contributed by atoms with Gasteiger partial charge in [-0.15, -0.1) is 0 Å². The zero-order valence-electron chi connectivity index (χ0n) is 15.0. The fraction of sp³-hybridized carbons (Fsp3) is 0.421. The van der Waals surface area contributed by atoms with Crippen molar-refractivity contribution in [2.45, 2.75) is 26.9 Å². The van der Waals surface area contributed by atoms with Gasteiger partial charge < -0.3 is 20.3 Å². The molecule has 1 aromatic heterocycles. The van der Waals surface area contributed by atoms with E-state index >= 15 is 0 Å². The first-order chi connectivity index (χ1) is 12.0. The Balaban J connectivity index is 2.07. The minimum Gasteiger partial charge on any atom is -0.390 e. The highest BCUT2D eigenvalue weighted by Gasteiger charge is 2.19. The van der Waals surface area contributed by atoms with Gasteiger partial charge in [-0.1, -0.05) is 37.6 Å². The molecule has 0 bridgehead atoms. The highest BCUT2D eigenvalue weighted by atomic mass is 35.5. The molecule has 0 radical (unpaired) electrons. The van der Waals surface area contributed by atoms with Gasteiger partial charge in [0.2, 0.25) is 0 Å². The third-order valence-corrected chi connectivity index (χ3v) is 4.57. The van der Waals surface area contributed by atoms with Crippen molar-refractivity contribution in [3.05, 3.63) is 46.7 Å². The third kappa shape index (κ3) is 5.08. The van der Waals surface area contributed by atoms with E-state index < -0.39 is 6.10 Å². The number of aromatic nitrogens is 1. The van der Waals surface area contributed by atoms with Gasteiger partial charge in [0.1, 0.15) is 0 Å². The van der Waals surface area contributed by atoms with E-state index in [-0.39, 0.29) is 12.5 Å². The minimum atomic E-state index is -0.595. The summed E-state index contributed by atoms with van der Waals surface area (Å²) in [6.07, 6.45) is 1.22. The maximum atomic E-state index is 12.6. The lowest BCUT2D eigenvalue weighted by molar-refractivity contribution is 0.0869. The number of nitrogens with one attached hydrogen (secondary N) is 2. The SMILES string of the molecule is CCN(CC)CC(O)CNC(=O)c1c(-c2ccc(Cl)cc2)c[nH]c1C. The number of nitrogens with zero attached hydrogens (tertiary/aromatic N) is 1. The van der Waals surface area contributed by atoms with Crippen molar-refractivity contribution in [2.75, 3.05) is 26.2 Å². The van der Waals surface area contributed by atoms with Crippen LogP contribution in [0.2, 0.25) is 5.02 Å². The maximum absolute atomic E-state index is 12.6. The Kier molecular flexibility index (Phi) is 7.05. The van der Waals surface area contributed by atoms with E-state index in [9.17, 15) is 9.90 Å². The van der Waals surface area contributed by atoms with Gasteiger partial charge in [0, 0.05) is 35.6 Å². The number of aryl methyl sites for hydroxylation is 1. The Morgan fingerprint density at radius 2 is 1.92 bits per heavy atom. The number of aromatic amines is 1. The molecular formula is C19H26ClN3O2. The Morgan fingerprint density at radius 3 is 2.52 bits per heavy atom. The fourth-order valence-corrected chi connectivity index (χ4v) is 2.95. The highest BCUT2D eigenvalue weighted by molar-refractivity contribution is 6.30. The number of aliphatic hydroxyl groups excluding tert-OH is 1. The van der Waals surface area contributed by atoms with Crippen molar-refractivity contribution < 1.29 is 9.90 Å². The zero-order valence-corrected chi connectivity index (χ0v) is 15.7. The number of carbonyl (C=O) groups excluding carboxylic acids is 1. The monoisotopic (exact) mass is 363 g/mol. The summed E-state index contributed by atoms with van der Waals surface area (Å²) in [5.74, 6) is -0.192. The van der Waals surface area contributed by atoms with Crippen LogP contribution in [-0.2, 0) is 0 Å². The van der Waals surface area contributed by atoms with E-state index in [4.69, 9.17) is 11.6 Å². The molecule has 5 nitrogen and oxygen atoms in total. The molecular weight excluding hydrogens is 338 g/mol. The highest BCUT2D eigenvalue weighted by Crippen LogP contribution is 2.27. The molecule has 3 N–H and O–H groups in total. The average Bonchev–Trinajstić information content (AvgIpc) is 2.99. The molecule has 6 heteroatoms. The Hall–Kier alpha value is -1.82. The number of rotatable bonds is 8. The molecule has 1 unspecified atom stereocenters. The standard InChI is InChI=1S/C19H26ClN3O2/c1-4-23(5-2)12-16(24)10-22-19(25)18-13(3)21-11-17(18)14-6-8-15(20)9-7-14/h6-9,11,16,21,24H,4-5,10,12H2,1-3H3,(H,22,25). The summed E-state index contributed by atoms with van der Waals surface area (Å²) in [5.41, 5.74) is 3.13. The van der Waals surface area contributed by atoms with E-state index in [0.29, 0.717) is 17.1 Å². The number of likely N-dealkylation sites (N-methyl/N-ethyl adjacent to an activating group) is 1. The van der Waals surface area contributed by atoms with Gasteiger partial charge in [-0.2, -0.15) is 0 Å². The zero-order chi connectivity index (χ0) is 18.4. The van der Waals surface area contributed by atoms with Gasteiger partial charge in [0.05, 0.1) is 11.7 Å². The Morgan fingerprint density at radius 1 is 1.28 bits per heavy atom. The van der Waals surface area contributed by atoms with Crippen LogP contribution in [0.4, 0.5) is 0 Å². The van der Waals surface area contributed by atoms with Crippen LogP contribution in [0.3, 0.4) is 0 Å². The summed E-state index contributed by atoms with van der Waals surface area (Å²) in [6.45, 7) is 8.48. The Bertz CT molecular complexity index is 693. The van der Waals surface area contributed by atoms with Crippen LogP contribution >= 0.6 is 11.6 Å². The predicted octanol–water partition coefficient (Wildman–Crippen LogP) is 3.08. The molecule has 25 heavy (non-hydrogen) atoms. The molecule has 136 valence electrons. The van der Waals surface area contributed by atoms with Crippen LogP contribution in [0, 0.1) is 6.92 Å². The first kappa shape index (κ1) is 19.5. The molecule has 0 aliphatic carbocycles. The van der Waals surface area contributed by atoms with Crippen molar-refractivity contribution in [3.8, 4) is 11.1 Å². The second-order valence-corrected chi connectivity index (χ2v) is 6.50. The summed E-state index contributed by atoms with van der Waals surface area (Å²) < 4.78 is 0. The first-order valence-corrected chi connectivity index (χ1v) is 8.96. The number of H-pyrrole nitrogens is 1. The second kappa shape index (κ2) is 9.04. The van der Waals surface area contributed by atoms with E-state index in [1.165, 1.54) is 0 Å². The molecule has 0 saturated heterocycles. The number of halogens is 1. The Labute approximate surface area is 154 Å². The number of hydrogen-bond acceptors (Lipinski definition) is 3. The van der Waals surface area contributed by atoms with Crippen molar-refractivity contribution in [2.24, 2.45) is 0 Å². The van der Waals surface area contributed by atoms with E-state index in [0.717, 1.165) is 29.9 Å². The van der Waals surface area contributed by atoms with E-state index in [2.05, 4.69) is 29.0 Å². The summed E-state index contributed by atoms with van der Waals surface area (Å²) in [5, 5.41) is 13.6. The van der Waals surface area contributed by atoms with Gasteiger partial charge in [0.25, 0.3) is 5.91 Å². The van der Waals surface area contributed by atoms with Crippen LogP contribution in [0.25, 0.3) is 11.1 Å². The summed E-state index contributed by atoms with van der Waals surface area (Å²) >= 11 is 5.94. The number of benzene rings is 1. The summed E-state index contributed by atoms with van der Waals surface area (Å²) in [4.78, 5) is 17.9. The van der Waals surface area contributed by atoms with Gasteiger partial charge in [-0.3, -0.25) is 4.79 Å². The van der Waals surface area contributed by atoms with Crippen molar-refractivity contribution in [3.63, 3.8) is 0 Å². The average molecular weight is 364 g/mol. The molecule has 2 aromatic rings. The lowest BCUT2D eigenvalue weighted by Gasteiger charge is -2.22. The van der Waals surface area contributed by atoms with E-state index in [1.807, 2.05) is 25.3 Å². The first-order valence-electron chi connectivity index (χ1n) is 8.58. The molecule has 0 aliphatic rings. The molecule has 0 saturated carbocycles. The van der Waals surface area contributed by atoms with Crippen molar-refractivity contribution in [1.29, 1.82) is 0 Å². The minimum absolute atomic E-state index is 0.192. The third-order valence-electron chi connectivity index (χ3n) is 4.32. The number of carbonyl (C=O) groups is 1. The summed E-state index contributed by atoms with van der Waals surface area (Å²) in [6, 6.07) is 7.37. The fourth-order valence-electron chi connectivity index (χ4n) is 2.82. The maximum Gasteiger partial charge on any atom is 0.253 e. The van der Waals surface area contributed by atoms with Crippen LogP contribution in [0.15, 0.2) is 30.5 Å². The van der Waals surface area contributed by atoms with Gasteiger partial charge in [-0.25, -0.2) is 0 Å². The number of amides is 1. The van der Waals surface area contributed by atoms with Crippen LogP contribution < -0.4 is 5.32 Å². The van der Waals surface area contributed by atoms with E-state index in [1.54, 1.807) is 12.1 Å². The molecule has 1 heterocycles. The van der Waals surface area contributed by atoms with Gasteiger partial charge in [-0.05, 0) is 37.7 Å². The molecule has 2 rings (SSSR count). The number of aliphatic hydroxyl groups is 1. The van der Waals surface area contributed by atoms with Crippen molar-refractivity contribution in [1.82, 2.24) is 15.2 Å². The topological polar surface area (TPSA) is 68.4 Å². The van der Waals surface area contributed by atoms with Crippen LogP contribution in [-0.4, -0.2) is 53.2 Å². The molecule has 0 spiro atoms. The van der Waals surface area contributed by atoms with Crippen LogP contribution in [0.5, 0.6) is 0 Å². The molecule has 1 atom stereocenters. The molecule has 1 amide bonds.